The highest BCUT2D eigenvalue weighted by molar-refractivity contribution is 9.10. The quantitative estimate of drug-likeness (QED) is 0.600. The van der Waals surface area contributed by atoms with Crippen molar-refractivity contribution < 1.29 is 9.18 Å². The first kappa shape index (κ1) is 12.5. The molecule has 0 aliphatic carbocycles. The number of hydrogen-bond acceptors (Lipinski definition) is 2. The Morgan fingerprint density at radius 3 is 2.74 bits per heavy atom. The van der Waals surface area contributed by atoms with Crippen LogP contribution >= 0.6 is 27.3 Å². The smallest absolute Gasteiger partial charge is 0.194 e. The van der Waals surface area contributed by atoms with Crippen LogP contribution in [0.1, 0.15) is 15.9 Å². The van der Waals surface area contributed by atoms with Gasteiger partial charge in [0.1, 0.15) is 5.82 Å². The highest BCUT2D eigenvalue weighted by Crippen LogP contribution is 2.28. The maximum Gasteiger partial charge on any atom is 0.194 e. The van der Waals surface area contributed by atoms with E-state index in [1.807, 2.05) is 29.6 Å². The Bertz CT molecular complexity index is 779. The van der Waals surface area contributed by atoms with Crippen molar-refractivity contribution in [2.24, 2.45) is 0 Å². The molecule has 1 heterocycles. The maximum absolute atomic E-state index is 13.2. The van der Waals surface area contributed by atoms with E-state index in [4.69, 9.17) is 0 Å². The van der Waals surface area contributed by atoms with Gasteiger partial charge in [0.2, 0.25) is 0 Å². The number of hydrogen-bond donors (Lipinski definition) is 0. The number of thiophene rings is 1. The third kappa shape index (κ3) is 2.22. The minimum atomic E-state index is -0.369. The molecule has 0 bridgehead atoms. The Morgan fingerprint density at radius 2 is 1.95 bits per heavy atom. The van der Waals surface area contributed by atoms with Gasteiger partial charge in [0.15, 0.2) is 5.78 Å². The van der Waals surface area contributed by atoms with Gasteiger partial charge in [-0.2, -0.15) is 0 Å². The lowest BCUT2D eigenvalue weighted by molar-refractivity contribution is 0.104. The molecule has 0 spiro atoms. The van der Waals surface area contributed by atoms with Gasteiger partial charge in [0.25, 0.3) is 0 Å². The molecule has 1 nitrogen and oxygen atoms in total. The predicted molar refractivity (Wildman–Crippen MR) is 79.4 cm³/mol. The number of fused-ring (bicyclic) bond motifs is 1. The lowest BCUT2D eigenvalue weighted by atomic mass is 10.0. The summed E-state index contributed by atoms with van der Waals surface area (Å²) in [6.07, 6.45) is 0. The summed E-state index contributed by atoms with van der Waals surface area (Å²) in [4.78, 5) is 12.4. The molecule has 94 valence electrons. The molecular weight excluding hydrogens is 327 g/mol. The second-order valence-corrected chi connectivity index (χ2v) is 5.87. The van der Waals surface area contributed by atoms with Gasteiger partial charge in [-0.05, 0) is 40.2 Å². The van der Waals surface area contributed by atoms with E-state index in [-0.39, 0.29) is 11.6 Å². The van der Waals surface area contributed by atoms with E-state index in [9.17, 15) is 9.18 Å². The van der Waals surface area contributed by atoms with E-state index >= 15 is 0 Å². The highest BCUT2D eigenvalue weighted by atomic mass is 79.9. The molecule has 0 unspecified atom stereocenters. The molecule has 19 heavy (non-hydrogen) atoms. The van der Waals surface area contributed by atoms with Gasteiger partial charge in [-0.3, -0.25) is 4.79 Å². The van der Waals surface area contributed by atoms with Crippen LogP contribution in [0.15, 0.2) is 52.3 Å². The summed E-state index contributed by atoms with van der Waals surface area (Å²) in [6.45, 7) is 0. The highest BCUT2D eigenvalue weighted by Gasteiger charge is 2.15. The molecule has 0 saturated heterocycles. The second-order valence-electron chi connectivity index (χ2n) is 4.10. The first-order chi connectivity index (χ1) is 9.16. The van der Waals surface area contributed by atoms with Gasteiger partial charge in [-0.15, -0.1) is 11.3 Å². The van der Waals surface area contributed by atoms with Crippen molar-refractivity contribution in [3.63, 3.8) is 0 Å². The third-order valence-corrected chi connectivity index (χ3v) is 4.48. The van der Waals surface area contributed by atoms with Crippen LogP contribution in [-0.4, -0.2) is 5.78 Å². The minimum Gasteiger partial charge on any atom is -0.289 e. The van der Waals surface area contributed by atoms with E-state index < -0.39 is 0 Å². The van der Waals surface area contributed by atoms with Gasteiger partial charge in [0.05, 0.1) is 4.47 Å². The summed E-state index contributed by atoms with van der Waals surface area (Å²) in [5.41, 5.74) is 1.15. The Kier molecular flexibility index (Phi) is 3.21. The summed E-state index contributed by atoms with van der Waals surface area (Å²) in [6, 6.07) is 12.1. The monoisotopic (exact) mass is 334 g/mol. The number of carbonyl (C=O) groups is 1. The topological polar surface area (TPSA) is 17.1 Å². The fraction of sp³-hybridized carbons (Fsp3) is 0. The SMILES string of the molecule is O=C(c1ccc(F)c(Br)c1)c1csc2ccccc12. The van der Waals surface area contributed by atoms with E-state index in [1.165, 1.54) is 29.5 Å². The Hall–Kier alpha value is -1.52. The van der Waals surface area contributed by atoms with Crippen molar-refractivity contribution in [1.82, 2.24) is 0 Å². The average Bonchev–Trinajstić information content (AvgIpc) is 2.85. The molecule has 0 saturated carbocycles. The zero-order chi connectivity index (χ0) is 13.4. The zero-order valence-electron chi connectivity index (χ0n) is 9.69. The molecule has 0 aliphatic heterocycles. The zero-order valence-corrected chi connectivity index (χ0v) is 12.1. The van der Waals surface area contributed by atoms with Crippen LogP contribution in [0, 0.1) is 5.82 Å². The molecule has 0 radical (unpaired) electrons. The molecule has 0 fully saturated rings. The molecule has 3 aromatic rings. The van der Waals surface area contributed by atoms with Crippen LogP contribution in [-0.2, 0) is 0 Å². The Balaban J connectivity index is 2.11. The minimum absolute atomic E-state index is 0.0850. The van der Waals surface area contributed by atoms with E-state index in [0.717, 1.165) is 10.1 Å². The maximum atomic E-state index is 13.2. The fourth-order valence-electron chi connectivity index (χ4n) is 1.95. The van der Waals surface area contributed by atoms with Gasteiger partial charge in [0, 0.05) is 26.6 Å². The van der Waals surface area contributed by atoms with Crippen molar-refractivity contribution in [1.29, 1.82) is 0 Å². The van der Waals surface area contributed by atoms with Gasteiger partial charge >= 0.3 is 0 Å². The molecule has 2 aromatic carbocycles. The van der Waals surface area contributed by atoms with Crippen LogP contribution < -0.4 is 0 Å². The molecule has 1 aromatic heterocycles. The van der Waals surface area contributed by atoms with Crippen molar-refractivity contribution >= 4 is 43.1 Å². The number of halogens is 2. The molecule has 0 aliphatic rings. The van der Waals surface area contributed by atoms with Crippen LogP contribution in [0.25, 0.3) is 10.1 Å². The molecule has 0 N–H and O–H groups in total. The first-order valence-electron chi connectivity index (χ1n) is 5.63. The lowest BCUT2D eigenvalue weighted by Crippen LogP contribution is -2.00. The molecule has 4 heteroatoms. The predicted octanol–water partition coefficient (Wildman–Crippen LogP) is 5.03. The lowest BCUT2D eigenvalue weighted by Gasteiger charge is -2.01. The van der Waals surface area contributed by atoms with Gasteiger partial charge in [-0.25, -0.2) is 4.39 Å². The summed E-state index contributed by atoms with van der Waals surface area (Å²) in [5.74, 6) is -0.454. The van der Waals surface area contributed by atoms with Crippen molar-refractivity contribution in [2.45, 2.75) is 0 Å². The van der Waals surface area contributed by atoms with Crippen molar-refractivity contribution in [3.05, 3.63) is 69.3 Å². The Morgan fingerprint density at radius 1 is 1.16 bits per heavy atom. The second kappa shape index (κ2) is 4.87. The summed E-state index contributed by atoms with van der Waals surface area (Å²) in [5, 5.41) is 2.79. The molecular formula is C15H8BrFOS. The standard InChI is InChI=1S/C15H8BrFOS/c16-12-7-9(5-6-13(12)17)15(18)11-8-19-14-4-2-1-3-10(11)14/h1-8H. The first-order valence-corrected chi connectivity index (χ1v) is 7.30. The fourth-order valence-corrected chi connectivity index (χ4v) is 3.27. The van der Waals surface area contributed by atoms with Crippen LogP contribution in [0.5, 0.6) is 0 Å². The normalized spacial score (nSPS) is 10.8. The van der Waals surface area contributed by atoms with Crippen LogP contribution in [0.4, 0.5) is 4.39 Å². The third-order valence-electron chi connectivity index (χ3n) is 2.91. The summed E-state index contributed by atoms with van der Waals surface area (Å²) in [7, 11) is 0. The van der Waals surface area contributed by atoms with Crippen LogP contribution in [0.2, 0.25) is 0 Å². The summed E-state index contributed by atoms with van der Waals surface area (Å²) < 4.78 is 14.6. The van der Waals surface area contributed by atoms with E-state index in [2.05, 4.69) is 15.9 Å². The van der Waals surface area contributed by atoms with Crippen LogP contribution in [0.3, 0.4) is 0 Å². The number of rotatable bonds is 2. The number of ketones is 1. The van der Waals surface area contributed by atoms with Gasteiger partial charge in [-0.1, -0.05) is 18.2 Å². The molecule has 0 amide bonds. The van der Waals surface area contributed by atoms with E-state index in [1.54, 1.807) is 0 Å². The van der Waals surface area contributed by atoms with E-state index in [0.29, 0.717) is 15.6 Å². The number of benzene rings is 2. The van der Waals surface area contributed by atoms with Crippen molar-refractivity contribution in [2.75, 3.05) is 0 Å². The van der Waals surface area contributed by atoms with Gasteiger partial charge < -0.3 is 0 Å². The Labute approximate surface area is 121 Å². The summed E-state index contributed by atoms with van der Waals surface area (Å²) >= 11 is 4.64. The largest absolute Gasteiger partial charge is 0.289 e. The average molecular weight is 335 g/mol. The van der Waals surface area contributed by atoms with Crippen molar-refractivity contribution in [3.8, 4) is 0 Å². The number of carbonyl (C=O) groups excluding carboxylic acids is 1. The molecule has 3 rings (SSSR count). The molecule has 0 atom stereocenters.